The van der Waals surface area contributed by atoms with Crippen molar-refractivity contribution in [2.24, 2.45) is 5.92 Å². The Labute approximate surface area is 185 Å². The first-order chi connectivity index (χ1) is 14.6. The first-order valence-corrected chi connectivity index (χ1v) is 12.5. The Morgan fingerprint density at radius 3 is 2.53 bits per heavy atom. The molecule has 0 saturated carbocycles. The van der Waals surface area contributed by atoms with Crippen LogP contribution in [-0.4, -0.2) is 78.9 Å². The van der Waals surface area contributed by atoms with E-state index < -0.39 is 0 Å². The standard InChI is InChI=1S/C23H38N4O2S/c1-3-27(4-2)23(29)19-9-8-15-26(17-19)18-20-10-11-21(30-20)22(28)24-12-16-25-13-6-5-7-14-25/h10-11,19H,3-9,12-18H2,1-2H3,(H,24,28). The topological polar surface area (TPSA) is 55.9 Å². The summed E-state index contributed by atoms with van der Waals surface area (Å²) in [7, 11) is 0. The lowest BCUT2D eigenvalue weighted by Gasteiger charge is -2.34. The van der Waals surface area contributed by atoms with Crippen LogP contribution in [-0.2, 0) is 11.3 Å². The smallest absolute Gasteiger partial charge is 0.261 e. The van der Waals surface area contributed by atoms with Crippen molar-refractivity contribution in [3.63, 3.8) is 0 Å². The van der Waals surface area contributed by atoms with E-state index in [9.17, 15) is 9.59 Å². The highest BCUT2D eigenvalue weighted by molar-refractivity contribution is 7.14. The van der Waals surface area contributed by atoms with E-state index >= 15 is 0 Å². The molecule has 168 valence electrons. The molecule has 1 unspecified atom stereocenters. The number of carbonyl (C=O) groups excluding carboxylic acids is 2. The Bertz CT molecular complexity index is 682. The van der Waals surface area contributed by atoms with Crippen LogP contribution < -0.4 is 5.32 Å². The quantitative estimate of drug-likeness (QED) is 0.649. The fourth-order valence-electron chi connectivity index (χ4n) is 4.60. The predicted octanol–water partition coefficient (Wildman–Crippen LogP) is 3.04. The zero-order chi connectivity index (χ0) is 21.3. The first kappa shape index (κ1) is 23.2. The van der Waals surface area contributed by atoms with Gasteiger partial charge < -0.3 is 15.1 Å². The van der Waals surface area contributed by atoms with Crippen LogP contribution in [0.3, 0.4) is 0 Å². The van der Waals surface area contributed by atoms with Crippen molar-refractivity contribution in [2.75, 3.05) is 52.4 Å². The number of hydrogen-bond acceptors (Lipinski definition) is 5. The van der Waals surface area contributed by atoms with Gasteiger partial charge in [0, 0.05) is 44.1 Å². The van der Waals surface area contributed by atoms with Crippen molar-refractivity contribution in [1.29, 1.82) is 0 Å². The minimum atomic E-state index is 0.0384. The SMILES string of the molecule is CCN(CC)C(=O)C1CCCN(Cc2ccc(C(=O)NCCN3CCCCC3)s2)C1. The van der Waals surface area contributed by atoms with Gasteiger partial charge in [0.25, 0.3) is 5.91 Å². The van der Waals surface area contributed by atoms with Crippen molar-refractivity contribution >= 4 is 23.2 Å². The number of piperidine rings is 2. The number of nitrogens with zero attached hydrogens (tertiary/aromatic N) is 3. The van der Waals surface area contributed by atoms with Gasteiger partial charge in [-0.05, 0) is 71.3 Å². The van der Waals surface area contributed by atoms with Gasteiger partial charge in [-0.2, -0.15) is 0 Å². The number of carbonyl (C=O) groups is 2. The molecule has 0 aliphatic carbocycles. The molecule has 7 heteroatoms. The second-order valence-corrected chi connectivity index (χ2v) is 9.68. The lowest BCUT2D eigenvalue weighted by Crippen LogP contribution is -2.44. The van der Waals surface area contributed by atoms with E-state index in [-0.39, 0.29) is 11.8 Å². The van der Waals surface area contributed by atoms with Crippen molar-refractivity contribution in [1.82, 2.24) is 20.0 Å². The molecule has 3 heterocycles. The summed E-state index contributed by atoms with van der Waals surface area (Å²) in [5, 5.41) is 3.08. The highest BCUT2D eigenvalue weighted by atomic mass is 32.1. The summed E-state index contributed by atoms with van der Waals surface area (Å²) in [6.45, 7) is 12.3. The third-order valence-electron chi connectivity index (χ3n) is 6.36. The van der Waals surface area contributed by atoms with Gasteiger partial charge in [-0.15, -0.1) is 11.3 Å². The highest BCUT2D eigenvalue weighted by Crippen LogP contribution is 2.24. The lowest BCUT2D eigenvalue weighted by molar-refractivity contribution is -0.137. The maximum Gasteiger partial charge on any atom is 0.261 e. The van der Waals surface area contributed by atoms with E-state index in [4.69, 9.17) is 0 Å². The van der Waals surface area contributed by atoms with E-state index in [0.717, 1.165) is 70.1 Å². The molecule has 2 amide bonds. The zero-order valence-electron chi connectivity index (χ0n) is 18.7. The van der Waals surface area contributed by atoms with Gasteiger partial charge in [-0.1, -0.05) is 6.42 Å². The number of thiophene rings is 1. The van der Waals surface area contributed by atoms with E-state index in [0.29, 0.717) is 12.5 Å². The highest BCUT2D eigenvalue weighted by Gasteiger charge is 2.28. The molecule has 2 saturated heterocycles. The minimum Gasteiger partial charge on any atom is -0.350 e. The molecular formula is C23H38N4O2S. The molecule has 1 N–H and O–H groups in total. The van der Waals surface area contributed by atoms with Crippen LogP contribution in [0.4, 0.5) is 0 Å². The van der Waals surface area contributed by atoms with Gasteiger partial charge >= 0.3 is 0 Å². The van der Waals surface area contributed by atoms with Gasteiger partial charge in [-0.25, -0.2) is 0 Å². The van der Waals surface area contributed by atoms with Gasteiger partial charge in [0.05, 0.1) is 10.8 Å². The Morgan fingerprint density at radius 2 is 1.80 bits per heavy atom. The zero-order valence-corrected chi connectivity index (χ0v) is 19.5. The third kappa shape index (κ3) is 6.53. The fraction of sp³-hybridized carbons (Fsp3) is 0.739. The Balaban J connectivity index is 1.45. The molecule has 6 nitrogen and oxygen atoms in total. The van der Waals surface area contributed by atoms with Crippen LogP contribution in [0.2, 0.25) is 0 Å². The second-order valence-electron chi connectivity index (χ2n) is 8.51. The molecule has 30 heavy (non-hydrogen) atoms. The molecule has 2 aliphatic heterocycles. The minimum absolute atomic E-state index is 0.0384. The number of nitrogens with one attached hydrogen (secondary N) is 1. The van der Waals surface area contributed by atoms with Crippen molar-refractivity contribution < 1.29 is 9.59 Å². The Morgan fingerprint density at radius 1 is 1.07 bits per heavy atom. The van der Waals surface area contributed by atoms with Crippen LogP contribution in [0.25, 0.3) is 0 Å². The summed E-state index contributed by atoms with van der Waals surface area (Å²) in [4.78, 5) is 34.0. The van der Waals surface area contributed by atoms with Crippen molar-refractivity contribution in [2.45, 2.75) is 52.5 Å². The van der Waals surface area contributed by atoms with Crippen LogP contribution in [0.5, 0.6) is 0 Å². The molecule has 1 aromatic heterocycles. The summed E-state index contributed by atoms with van der Waals surface area (Å²) in [6, 6.07) is 4.01. The average Bonchev–Trinajstić information content (AvgIpc) is 3.24. The summed E-state index contributed by atoms with van der Waals surface area (Å²) in [5.41, 5.74) is 0. The molecule has 0 aromatic carbocycles. The molecule has 2 aliphatic rings. The third-order valence-corrected chi connectivity index (χ3v) is 7.43. The van der Waals surface area contributed by atoms with Gasteiger partial charge in [0.1, 0.15) is 0 Å². The monoisotopic (exact) mass is 434 g/mol. The molecule has 0 bridgehead atoms. The number of rotatable bonds is 9. The molecule has 1 aromatic rings. The number of likely N-dealkylation sites (tertiary alicyclic amines) is 2. The number of hydrogen-bond donors (Lipinski definition) is 1. The average molecular weight is 435 g/mol. The molecule has 2 fully saturated rings. The number of amides is 2. The van der Waals surface area contributed by atoms with E-state index in [1.54, 1.807) is 11.3 Å². The van der Waals surface area contributed by atoms with Crippen LogP contribution in [0.15, 0.2) is 12.1 Å². The van der Waals surface area contributed by atoms with Gasteiger partial charge in [0.15, 0.2) is 0 Å². The van der Waals surface area contributed by atoms with E-state index in [1.807, 2.05) is 24.8 Å². The normalized spacial score (nSPS) is 20.8. The van der Waals surface area contributed by atoms with Crippen molar-refractivity contribution in [3.8, 4) is 0 Å². The molecule has 1 atom stereocenters. The molecule has 0 spiro atoms. The second kappa shape index (κ2) is 11.8. The van der Waals surface area contributed by atoms with Gasteiger partial charge in [0.2, 0.25) is 5.91 Å². The fourth-order valence-corrected chi connectivity index (χ4v) is 5.56. The molecular weight excluding hydrogens is 396 g/mol. The predicted molar refractivity (Wildman–Crippen MR) is 123 cm³/mol. The molecule has 0 radical (unpaired) electrons. The van der Waals surface area contributed by atoms with Crippen LogP contribution in [0.1, 0.15) is 60.5 Å². The summed E-state index contributed by atoms with van der Waals surface area (Å²) < 4.78 is 0. The summed E-state index contributed by atoms with van der Waals surface area (Å²) in [5.74, 6) is 0.442. The van der Waals surface area contributed by atoms with Gasteiger partial charge in [-0.3, -0.25) is 14.5 Å². The largest absolute Gasteiger partial charge is 0.350 e. The Kier molecular flexibility index (Phi) is 9.15. The maximum atomic E-state index is 12.7. The Hall–Kier alpha value is -1.44. The molecule has 3 rings (SSSR count). The van der Waals surface area contributed by atoms with Crippen LogP contribution in [0, 0.1) is 5.92 Å². The van der Waals surface area contributed by atoms with E-state index in [2.05, 4.69) is 21.2 Å². The first-order valence-electron chi connectivity index (χ1n) is 11.7. The lowest BCUT2D eigenvalue weighted by atomic mass is 9.96. The summed E-state index contributed by atoms with van der Waals surface area (Å²) in [6.07, 6.45) is 5.94. The maximum absolute atomic E-state index is 12.7. The summed E-state index contributed by atoms with van der Waals surface area (Å²) >= 11 is 1.58. The van der Waals surface area contributed by atoms with E-state index in [1.165, 1.54) is 24.1 Å². The van der Waals surface area contributed by atoms with Crippen LogP contribution >= 0.6 is 11.3 Å². The van der Waals surface area contributed by atoms with Crippen molar-refractivity contribution in [3.05, 3.63) is 21.9 Å².